The second-order valence-electron chi connectivity index (χ2n) is 7.24. The number of hydrogen-bond donors (Lipinski definition) is 0. The summed E-state index contributed by atoms with van der Waals surface area (Å²) in [5.74, 6) is 0. The molecule has 0 fully saturated rings. The molecule has 0 saturated heterocycles. The average molecular weight is 611 g/mol. The zero-order valence-corrected chi connectivity index (χ0v) is 21.7. The van der Waals surface area contributed by atoms with Crippen molar-refractivity contribution in [3.8, 4) is 22.3 Å². The van der Waals surface area contributed by atoms with Crippen molar-refractivity contribution in [3.63, 3.8) is 0 Å². The van der Waals surface area contributed by atoms with Gasteiger partial charge in [-0.25, -0.2) is 0 Å². The van der Waals surface area contributed by atoms with E-state index >= 15 is 0 Å². The van der Waals surface area contributed by atoms with Gasteiger partial charge in [0.15, 0.2) is 0 Å². The molecular weight excluding hydrogens is 590 g/mol. The second-order valence-corrected chi connectivity index (χ2v) is 13.3. The van der Waals surface area contributed by atoms with Crippen molar-refractivity contribution < 1.29 is 0 Å². The first-order valence-corrected chi connectivity index (χ1v) is 14.1. The van der Waals surface area contributed by atoms with Gasteiger partial charge in [-0.1, -0.05) is 0 Å². The minimum absolute atomic E-state index is 0.765. The maximum atomic E-state index is 6.16. The van der Waals surface area contributed by atoms with E-state index in [-0.39, 0.29) is 0 Å². The summed E-state index contributed by atoms with van der Waals surface area (Å²) in [6.45, 7) is 4.31. The molecule has 4 rings (SSSR count). The third kappa shape index (κ3) is 4.93. The van der Waals surface area contributed by atoms with Crippen LogP contribution in [-0.2, 0) is 0 Å². The third-order valence-electron chi connectivity index (χ3n) is 4.91. The number of halogens is 2. The summed E-state index contributed by atoms with van der Waals surface area (Å²) in [6, 6.07) is 30.1. The fourth-order valence-electron chi connectivity index (χ4n) is 3.42. The molecule has 4 aromatic rings. The maximum absolute atomic E-state index is 6.16. The molecule has 0 saturated carbocycles. The molecule has 3 heteroatoms. The van der Waals surface area contributed by atoms with E-state index in [1.807, 2.05) is 24.3 Å². The third-order valence-corrected chi connectivity index (χ3v) is 10.9. The molecule has 0 amide bonds. The molecule has 0 aliphatic heterocycles. The van der Waals surface area contributed by atoms with Crippen molar-refractivity contribution in [2.45, 2.75) is 13.8 Å². The van der Waals surface area contributed by atoms with Crippen molar-refractivity contribution in [1.82, 2.24) is 0 Å². The summed E-state index contributed by atoms with van der Waals surface area (Å²) >= 11 is 11.0. The van der Waals surface area contributed by atoms with E-state index < -0.39 is 24.2 Å². The van der Waals surface area contributed by atoms with E-state index in [0.29, 0.717) is 0 Å². The van der Waals surface area contributed by atoms with Gasteiger partial charge in [0, 0.05) is 0 Å². The molecule has 0 N–H and O–H groups in total. The van der Waals surface area contributed by atoms with Crippen molar-refractivity contribution in [2.75, 3.05) is 0 Å². The van der Waals surface area contributed by atoms with Gasteiger partial charge in [0.05, 0.1) is 0 Å². The van der Waals surface area contributed by atoms with E-state index in [0.717, 1.165) is 10.0 Å². The van der Waals surface area contributed by atoms with Crippen LogP contribution in [-0.4, -0.2) is 24.2 Å². The minimum atomic E-state index is -1.32. The first kappa shape index (κ1) is 20.6. The molecule has 0 atom stereocenters. The van der Waals surface area contributed by atoms with Crippen molar-refractivity contribution in [2.24, 2.45) is 0 Å². The van der Waals surface area contributed by atoms with Crippen LogP contribution in [0.2, 0.25) is 10.0 Å². The molecule has 2 radical (unpaired) electrons. The van der Waals surface area contributed by atoms with Crippen LogP contribution in [0.1, 0.15) is 11.1 Å². The van der Waals surface area contributed by atoms with Crippen LogP contribution in [0.15, 0.2) is 84.9 Å². The second kappa shape index (κ2) is 9.03. The monoisotopic (exact) mass is 610 g/mol. The summed E-state index contributed by atoms with van der Waals surface area (Å²) in [5.41, 5.74) is 7.67. The number of benzene rings is 4. The van der Waals surface area contributed by atoms with E-state index in [1.54, 1.807) is 0 Å². The van der Waals surface area contributed by atoms with Gasteiger partial charge in [0.1, 0.15) is 0 Å². The van der Waals surface area contributed by atoms with Gasteiger partial charge < -0.3 is 0 Å². The van der Waals surface area contributed by atoms with Crippen molar-refractivity contribution in [3.05, 3.63) is 106 Å². The van der Waals surface area contributed by atoms with Gasteiger partial charge in [-0.3, -0.25) is 0 Å². The first-order chi connectivity index (χ1) is 14.0. The molecular formula is C26H20Cl2Pb. The zero-order valence-electron chi connectivity index (χ0n) is 16.3. The van der Waals surface area contributed by atoms with E-state index in [1.165, 1.54) is 39.6 Å². The van der Waals surface area contributed by atoms with Gasteiger partial charge in [0.25, 0.3) is 0 Å². The average Bonchev–Trinajstić information content (AvgIpc) is 2.72. The van der Waals surface area contributed by atoms with Gasteiger partial charge in [-0.2, -0.15) is 0 Å². The Morgan fingerprint density at radius 1 is 0.552 bits per heavy atom. The Hall–Kier alpha value is -1.62. The van der Waals surface area contributed by atoms with Gasteiger partial charge >= 0.3 is 196 Å². The molecule has 0 heterocycles. The molecule has 0 aliphatic rings. The van der Waals surface area contributed by atoms with Crippen molar-refractivity contribution in [1.29, 1.82) is 0 Å². The quantitative estimate of drug-likeness (QED) is 0.229. The zero-order chi connectivity index (χ0) is 20.4. The van der Waals surface area contributed by atoms with Crippen LogP contribution >= 0.6 is 23.2 Å². The predicted molar refractivity (Wildman–Crippen MR) is 128 cm³/mol. The van der Waals surface area contributed by atoms with Crippen LogP contribution in [0.4, 0.5) is 0 Å². The SMILES string of the molecule is Cc1cc[c]([Pb][c]2c(-c3ccc(Cl)cc3)cc(C)cc2-c2ccc(Cl)cc2)cc1. The Balaban J connectivity index is 1.92. The molecule has 4 aromatic carbocycles. The molecule has 0 spiro atoms. The van der Waals surface area contributed by atoms with Crippen LogP contribution in [0, 0.1) is 13.8 Å². The topological polar surface area (TPSA) is 0 Å². The summed E-state index contributed by atoms with van der Waals surface area (Å²) in [6.07, 6.45) is 0. The number of hydrogen-bond acceptors (Lipinski definition) is 0. The van der Waals surface area contributed by atoms with Crippen LogP contribution in [0.5, 0.6) is 0 Å². The Morgan fingerprint density at radius 3 is 1.45 bits per heavy atom. The molecule has 0 nitrogen and oxygen atoms in total. The Morgan fingerprint density at radius 2 is 1.00 bits per heavy atom. The Kier molecular flexibility index (Phi) is 6.43. The summed E-state index contributed by atoms with van der Waals surface area (Å²) in [5, 5.41) is 1.53. The summed E-state index contributed by atoms with van der Waals surface area (Å²) < 4.78 is 2.99. The molecule has 0 unspecified atom stereocenters. The van der Waals surface area contributed by atoms with Crippen LogP contribution in [0.25, 0.3) is 22.3 Å². The van der Waals surface area contributed by atoms with E-state index in [4.69, 9.17) is 23.2 Å². The predicted octanol–water partition coefficient (Wildman–Crippen LogP) is 6.60. The van der Waals surface area contributed by atoms with Crippen molar-refractivity contribution >= 4 is 53.7 Å². The number of aryl methyl sites for hydroxylation is 2. The molecule has 142 valence electrons. The van der Waals surface area contributed by atoms with Crippen LogP contribution < -0.4 is 6.25 Å². The summed E-state index contributed by atoms with van der Waals surface area (Å²) in [4.78, 5) is 0. The van der Waals surface area contributed by atoms with E-state index in [9.17, 15) is 0 Å². The first-order valence-electron chi connectivity index (χ1n) is 9.50. The van der Waals surface area contributed by atoms with Crippen LogP contribution in [0.3, 0.4) is 0 Å². The number of rotatable bonds is 4. The standard InChI is InChI=1S/C19H13Cl2.C7H7.Pb/c1-13-10-16(14-2-6-18(20)7-3-14)12-17(11-13)15-4-8-19(21)9-5-15;1-7-5-3-2-4-6-7;/h2-11H,1H3;3-6H,1H3;. The molecule has 0 aromatic heterocycles. The fourth-order valence-corrected chi connectivity index (χ4v) is 8.82. The Bertz CT molecular complexity index is 1060. The summed E-state index contributed by atoms with van der Waals surface area (Å²) in [7, 11) is 0. The molecule has 29 heavy (non-hydrogen) atoms. The Labute approximate surface area is 194 Å². The molecule has 0 bridgehead atoms. The van der Waals surface area contributed by atoms with E-state index in [2.05, 4.69) is 74.5 Å². The molecule has 0 aliphatic carbocycles. The van der Waals surface area contributed by atoms with Gasteiger partial charge in [-0.05, 0) is 0 Å². The van der Waals surface area contributed by atoms with Gasteiger partial charge in [0.2, 0.25) is 0 Å². The van der Waals surface area contributed by atoms with Gasteiger partial charge in [-0.15, -0.1) is 0 Å². The fraction of sp³-hybridized carbons (Fsp3) is 0.0769. The normalized spacial score (nSPS) is 10.9.